The number of para-hydroxylation sites is 1. The lowest BCUT2D eigenvalue weighted by atomic mass is 9.70. The number of hydrogen-bond acceptors (Lipinski definition) is 9. The molecule has 0 spiro atoms. The largest absolute Gasteiger partial charge is 0.457 e. The summed E-state index contributed by atoms with van der Waals surface area (Å²) in [5, 5.41) is 14.0. The second-order valence-electron chi connectivity index (χ2n) is 10.8. The normalized spacial score (nSPS) is 23.2. The van der Waals surface area contributed by atoms with Gasteiger partial charge < -0.3 is 37.3 Å². The molecule has 2 amide bonds. The molecule has 0 bridgehead atoms. The first-order valence-corrected chi connectivity index (χ1v) is 14.6. The van der Waals surface area contributed by atoms with Crippen molar-refractivity contribution in [3.63, 3.8) is 0 Å². The Morgan fingerprint density at radius 2 is 1.79 bits per heavy atom. The summed E-state index contributed by atoms with van der Waals surface area (Å²) in [5.74, 6) is -0.0401. The number of ketones is 1. The van der Waals surface area contributed by atoms with Crippen molar-refractivity contribution in [2.24, 2.45) is 11.5 Å². The highest BCUT2D eigenvalue weighted by atomic mass is 32.1. The van der Waals surface area contributed by atoms with Crippen molar-refractivity contribution in [2.45, 2.75) is 30.1 Å². The molecule has 4 atom stereocenters. The van der Waals surface area contributed by atoms with Crippen molar-refractivity contribution >= 4 is 44.7 Å². The number of likely N-dealkylation sites (tertiary alicyclic amines) is 1. The smallest absolute Gasteiger partial charge is 0.262 e. The maximum Gasteiger partial charge on any atom is 0.262 e. The first kappa shape index (κ1) is 28.6. The molecule has 10 nitrogen and oxygen atoms in total. The molecule has 220 valence electrons. The van der Waals surface area contributed by atoms with Crippen LogP contribution in [0.15, 0.2) is 79.4 Å². The standard InChI is InChI=1S/C32H31N5O5S/c1-2-24(39)37-15-14-23(38)22(16-37)36-31(41)29-26-25-20(12-13-21(33)28(25)43-29)32(35,30(40)27(26)34)17-8-10-19(11-9-17)42-18-6-4-3-5-7-18/h2-13,22-23,27,38H,1,14-16,33-35H2,(H,36,41)/t22-,23-,27?,32?/m1/s1. The number of rotatable bonds is 6. The zero-order valence-corrected chi connectivity index (χ0v) is 24.0. The van der Waals surface area contributed by atoms with Crippen molar-refractivity contribution in [2.75, 3.05) is 18.8 Å². The van der Waals surface area contributed by atoms with Crippen LogP contribution >= 0.6 is 11.3 Å². The molecule has 1 aliphatic heterocycles. The molecule has 1 aliphatic carbocycles. The van der Waals surface area contributed by atoms with E-state index in [-0.39, 0.29) is 17.3 Å². The summed E-state index contributed by atoms with van der Waals surface area (Å²) in [7, 11) is 0. The van der Waals surface area contributed by atoms with Gasteiger partial charge in [-0.05, 0) is 54.0 Å². The topological polar surface area (TPSA) is 174 Å². The van der Waals surface area contributed by atoms with Crippen LogP contribution in [0.5, 0.6) is 11.5 Å². The summed E-state index contributed by atoms with van der Waals surface area (Å²) < 4.78 is 6.49. The van der Waals surface area contributed by atoms with Gasteiger partial charge >= 0.3 is 0 Å². The monoisotopic (exact) mass is 597 g/mol. The van der Waals surface area contributed by atoms with Gasteiger partial charge in [-0.3, -0.25) is 14.4 Å². The van der Waals surface area contributed by atoms with Crippen LogP contribution in [0.3, 0.4) is 0 Å². The highest BCUT2D eigenvalue weighted by Crippen LogP contribution is 2.49. The summed E-state index contributed by atoms with van der Waals surface area (Å²) in [6.45, 7) is 3.98. The Hall–Kier alpha value is -4.55. The van der Waals surface area contributed by atoms with Crippen LogP contribution in [-0.4, -0.2) is 52.8 Å². The second kappa shape index (κ2) is 10.9. The number of aliphatic hydroxyl groups excluding tert-OH is 1. The fraction of sp³-hybridized carbons (Fsp3) is 0.219. The van der Waals surface area contributed by atoms with Gasteiger partial charge in [0.25, 0.3) is 5.91 Å². The minimum absolute atomic E-state index is 0.117. The molecule has 0 radical (unpaired) electrons. The predicted molar refractivity (Wildman–Crippen MR) is 165 cm³/mol. The van der Waals surface area contributed by atoms with E-state index in [1.807, 2.05) is 30.3 Å². The van der Waals surface area contributed by atoms with Crippen LogP contribution in [-0.2, 0) is 15.1 Å². The summed E-state index contributed by atoms with van der Waals surface area (Å²) >= 11 is 1.12. The number of Topliss-reactive ketones (excluding diaryl/α,β-unsaturated/α-hetero) is 1. The number of aliphatic hydroxyl groups is 1. The fourth-order valence-corrected chi connectivity index (χ4v) is 7.11. The Balaban J connectivity index is 1.37. The molecule has 8 N–H and O–H groups in total. The molecule has 1 saturated heterocycles. The number of hydrogen-bond donors (Lipinski definition) is 5. The highest BCUT2D eigenvalue weighted by molar-refractivity contribution is 7.21. The number of nitrogens with two attached hydrogens (primary N) is 3. The minimum Gasteiger partial charge on any atom is -0.457 e. The molecular formula is C32H31N5O5S. The van der Waals surface area contributed by atoms with Crippen LogP contribution in [0.2, 0.25) is 0 Å². The SMILES string of the molecule is C=CC(=O)N1CC[C@@H](O)[C@H](NC(=O)c2sc3c(N)ccc4c3c2C(N)C(=O)C4(N)c2ccc(Oc3ccccc3)cc2)C1. The number of anilines is 1. The molecular weight excluding hydrogens is 566 g/mol. The average molecular weight is 598 g/mol. The molecule has 43 heavy (non-hydrogen) atoms. The molecule has 1 fully saturated rings. The van der Waals surface area contributed by atoms with Crippen LogP contribution in [0.4, 0.5) is 5.69 Å². The Kier molecular flexibility index (Phi) is 7.26. The number of ether oxygens (including phenoxy) is 1. The van der Waals surface area contributed by atoms with E-state index in [1.54, 1.807) is 36.4 Å². The van der Waals surface area contributed by atoms with E-state index < -0.39 is 35.4 Å². The summed E-state index contributed by atoms with van der Waals surface area (Å²) in [5.41, 5.74) is 20.1. The predicted octanol–water partition coefficient (Wildman–Crippen LogP) is 2.94. The number of nitrogens with zero attached hydrogens (tertiary/aromatic N) is 1. The lowest BCUT2D eigenvalue weighted by Crippen LogP contribution is -2.56. The maximum atomic E-state index is 14.0. The summed E-state index contributed by atoms with van der Waals surface area (Å²) in [6.07, 6.45) is 0.638. The van der Waals surface area contributed by atoms with E-state index in [1.165, 1.54) is 11.0 Å². The van der Waals surface area contributed by atoms with Crippen LogP contribution in [0.1, 0.15) is 38.8 Å². The minimum atomic E-state index is -1.61. The molecule has 0 saturated carbocycles. The number of piperidine rings is 1. The zero-order valence-electron chi connectivity index (χ0n) is 23.2. The molecule has 2 heterocycles. The zero-order chi connectivity index (χ0) is 30.5. The van der Waals surface area contributed by atoms with Crippen LogP contribution < -0.4 is 27.3 Å². The van der Waals surface area contributed by atoms with Gasteiger partial charge in [0.2, 0.25) is 5.91 Å². The molecule has 4 aromatic rings. The third-order valence-electron chi connectivity index (χ3n) is 8.19. The Bertz CT molecular complexity index is 1760. The molecule has 1 aromatic heterocycles. The molecule has 3 aromatic carbocycles. The Labute approximate surface area is 251 Å². The Morgan fingerprint density at radius 1 is 1.09 bits per heavy atom. The van der Waals surface area contributed by atoms with E-state index in [9.17, 15) is 19.5 Å². The first-order chi connectivity index (χ1) is 20.6. The lowest BCUT2D eigenvalue weighted by Gasteiger charge is -2.37. The van der Waals surface area contributed by atoms with Crippen LogP contribution in [0.25, 0.3) is 10.1 Å². The number of nitrogens with one attached hydrogen (secondary N) is 1. The maximum absolute atomic E-state index is 14.0. The van der Waals surface area contributed by atoms with Gasteiger partial charge in [-0.25, -0.2) is 0 Å². The fourth-order valence-electron chi connectivity index (χ4n) is 5.90. The van der Waals surface area contributed by atoms with E-state index in [0.29, 0.717) is 56.9 Å². The first-order valence-electron chi connectivity index (χ1n) is 13.8. The lowest BCUT2D eigenvalue weighted by molar-refractivity contribution is -0.128. The number of nitrogen functional groups attached to an aromatic ring is 1. The van der Waals surface area contributed by atoms with E-state index in [0.717, 1.165) is 11.3 Å². The van der Waals surface area contributed by atoms with Gasteiger partial charge in [0.15, 0.2) is 5.78 Å². The van der Waals surface area contributed by atoms with Gasteiger partial charge in [-0.2, -0.15) is 0 Å². The van der Waals surface area contributed by atoms with Crippen molar-refractivity contribution in [1.82, 2.24) is 10.2 Å². The molecule has 2 unspecified atom stereocenters. The van der Waals surface area contributed by atoms with Crippen molar-refractivity contribution in [3.05, 3.63) is 101 Å². The quantitative estimate of drug-likeness (QED) is 0.167. The van der Waals surface area contributed by atoms with Crippen LogP contribution in [0, 0.1) is 0 Å². The summed E-state index contributed by atoms with van der Waals surface area (Å²) in [4.78, 5) is 41.6. The highest BCUT2D eigenvalue weighted by Gasteiger charge is 2.49. The van der Waals surface area contributed by atoms with Crippen molar-refractivity contribution in [1.29, 1.82) is 0 Å². The second-order valence-corrected chi connectivity index (χ2v) is 11.8. The number of benzene rings is 3. The van der Waals surface area contributed by atoms with E-state index in [4.69, 9.17) is 21.9 Å². The molecule has 6 rings (SSSR count). The number of amides is 2. The van der Waals surface area contributed by atoms with Gasteiger partial charge in [-0.15, -0.1) is 11.3 Å². The third kappa shape index (κ3) is 4.76. The Morgan fingerprint density at radius 3 is 2.49 bits per heavy atom. The number of thiophene rings is 1. The van der Waals surface area contributed by atoms with Gasteiger partial charge in [0.1, 0.15) is 17.0 Å². The van der Waals surface area contributed by atoms with Gasteiger partial charge in [0, 0.05) is 29.7 Å². The van der Waals surface area contributed by atoms with Gasteiger partial charge in [0.05, 0.1) is 27.8 Å². The van der Waals surface area contributed by atoms with E-state index >= 15 is 0 Å². The van der Waals surface area contributed by atoms with E-state index in [2.05, 4.69) is 11.9 Å². The number of carbonyl (C=O) groups is 3. The van der Waals surface area contributed by atoms with Crippen molar-refractivity contribution in [3.8, 4) is 11.5 Å². The van der Waals surface area contributed by atoms with Crippen molar-refractivity contribution < 1.29 is 24.2 Å². The summed E-state index contributed by atoms with van der Waals surface area (Å²) in [6, 6.07) is 17.7. The molecule has 11 heteroatoms. The third-order valence-corrected chi connectivity index (χ3v) is 9.44. The molecule has 2 aliphatic rings. The number of carbonyl (C=O) groups excluding carboxylic acids is 3. The van der Waals surface area contributed by atoms with Gasteiger partial charge in [-0.1, -0.05) is 43.0 Å². The average Bonchev–Trinajstić information content (AvgIpc) is 3.43.